The van der Waals surface area contributed by atoms with E-state index in [0.717, 1.165) is 11.3 Å². The lowest BCUT2D eigenvalue weighted by molar-refractivity contribution is -0.139. The number of rotatable bonds is 5. The summed E-state index contributed by atoms with van der Waals surface area (Å²) >= 11 is 0. The molecule has 18 heavy (non-hydrogen) atoms. The number of methoxy groups -OCH3 is 1. The SMILES string of the molecule is COc1ccc(CN(CC(=O)O)C(C)(C)C)cc1. The van der Waals surface area contributed by atoms with Gasteiger partial charge in [-0.15, -0.1) is 0 Å². The molecule has 0 unspecified atom stereocenters. The second-order valence-electron chi connectivity index (χ2n) is 5.27. The summed E-state index contributed by atoms with van der Waals surface area (Å²) in [6.07, 6.45) is 0. The van der Waals surface area contributed by atoms with Crippen LogP contribution >= 0.6 is 0 Å². The molecule has 1 rings (SSSR count). The van der Waals surface area contributed by atoms with E-state index in [1.165, 1.54) is 0 Å². The van der Waals surface area contributed by atoms with Crippen molar-refractivity contribution in [3.05, 3.63) is 29.8 Å². The van der Waals surface area contributed by atoms with Gasteiger partial charge in [-0.3, -0.25) is 9.69 Å². The molecule has 0 aromatic heterocycles. The first-order valence-corrected chi connectivity index (χ1v) is 5.92. The highest BCUT2D eigenvalue weighted by atomic mass is 16.5. The number of carboxylic acids is 1. The third kappa shape index (κ3) is 4.37. The lowest BCUT2D eigenvalue weighted by Gasteiger charge is -2.34. The summed E-state index contributed by atoms with van der Waals surface area (Å²) in [5, 5.41) is 8.95. The Labute approximate surface area is 108 Å². The molecule has 0 saturated heterocycles. The van der Waals surface area contributed by atoms with Crippen molar-refractivity contribution in [2.75, 3.05) is 13.7 Å². The molecule has 4 heteroatoms. The summed E-state index contributed by atoms with van der Waals surface area (Å²) in [5.74, 6) is -0.00210. The van der Waals surface area contributed by atoms with Crippen molar-refractivity contribution < 1.29 is 14.6 Å². The first-order valence-electron chi connectivity index (χ1n) is 5.92. The average Bonchev–Trinajstić information content (AvgIpc) is 2.27. The number of benzene rings is 1. The zero-order valence-electron chi connectivity index (χ0n) is 11.4. The predicted octanol–water partition coefficient (Wildman–Crippen LogP) is 2.38. The quantitative estimate of drug-likeness (QED) is 0.873. The van der Waals surface area contributed by atoms with Crippen LogP contribution in [0.3, 0.4) is 0 Å². The van der Waals surface area contributed by atoms with Crippen LogP contribution < -0.4 is 4.74 Å². The number of hydrogen-bond acceptors (Lipinski definition) is 3. The number of aliphatic carboxylic acids is 1. The van der Waals surface area contributed by atoms with Crippen LogP contribution in [0.15, 0.2) is 24.3 Å². The van der Waals surface area contributed by atoms with E-state index in [0.29, 0.717) is 6.54 Å². The molecule has 0 aliphatic carbocycles. The molecule has 1 aromatic rings. The van der Waals surface area contributed by atoms with Crippen LogP contribution in [-0.4, -0.2) is 35.2 Å². The molecule has 1 N–H and O–H groups in total. The topological polar surface area (TPSA) is 49.8 Å². The molecule has 0 fully saturated rings. The molecule has 100 valence electrons. The van der Waals surface area contributed by atoms with E-state index in [1.807, 2.05) is 49.9 Å². The van der Waals surface area contributed by atoms with Gasteiger partial charge in [0.15, 0.2) is 0 Å². The van der Waals surface area contributed by atoms with Crippen molar-refractivity contribution in [1.29, 1.82) is 0 Å². The Hall–Kier alpha value is -1.55. The zero-order valence-corrected chi connectivity index (χ0v) is 11.4. The number of hydrogen-bond donors (Lipinski definition) is 1. The van der Waals surface area contributed by atoms with Crippen LogP contribution in [0.25, 0.3) is 0 Å². The number of nitrogens with zero attached hydrogens (tertiary/aromatic N) is 1. The molecular weight excluding hydrogens is 230 g/mol. The normalized spacial score (nSPS) is 11.6. The Morgan fingerprint density at radius 1 is 1.28 bits per heavy atom. The molecule has 0 amide bonds. The minimum Gasteiger partial charge on any atom is -0.497 e. The Kier molecular flexibility index (Phi) is 4.73. The van der Waals surface area contributed by atoms with Gasteiger partial charge in [-0.1, -0.05) is 12.1 Å². The smallest absolute Gasteiger partial charge is 0.317 e. The monoisotopic (exact) mass is 251 g/mol. The van der Waals surface area contributed by atoms with Gasteiger partial charge in [0.2, 0.25) is 0 Å². The fourth-order valence-corrected chi connectivity index (χ4v) is 1.64. The molecule has 1 aromatic carbocycles. The van der Waals surface area contributed by atoms with Gasteiger partial charge in [0.05, 0.1) is 13.7 Å². The van der Waals surface area contributed by atoms with Crippen molar-refractivity contribution in [3.63, 3.8) is 0 Å². The van der Waals surface area contributed by atoms with Crippen LogP contribution in [-0.2, 0) is 11.3 Å². The average molecular weight is 251 g/mol. The van der Waals surface area contributed by atoms with Crippen molar-refractivity contribution >= 4 is 5.97 Å². The van der Waals surface area contributed by atoms with Gasteiger partial charge in [-0.05, 0) is 38.5 Å². The van der Waals surface area contributed by atoms with Crippen LogP contribution in [0.2, 0.25) is 0 Å². The molecule has 0 radical (unpaired) electrons. The molecule has 0 atom stereocenters. The van der Waals surface area contributed by atoms with Crippen molar-refractivity contribution in [3.8, 4) is 5.75 Å². The summed E-state index contributed by atoms with van der Waals surface area (Å²) in [5.41, 5.74) is 0.894. The van der Waals surface area contributed by atoms with Crippen molar-refractivity contribution in [1.82, 2.24) is 4.90 Å². The van der Waals surface area contributed by atoms with E-state index in [2.05, 4.69) is 0 Å². The third-order valence-corrected chi connectivity index (χ3v) is 2.81. The van der Waals surface area contributed by atoms with E-state index < -0.39 is 5.97 Å². The maximum absolute atomic E-state index is 10.9. The van der Waals surface area contributed by atoms with Gasteiger partial charge in [0, 0.05) is 12.1 Å². The Morgan fingerprint density at radius 2 is 1.83 bits per heavy atom. The van der Waals surface area contributed by atoms with E-state index in [1.54, 1.807) is 7.11 Å². The maximum atomic E-state index is 10.9. The van der Waals surface area contributed by atoms with Gasteiger partial charge in [0.1, 0.15) is 5.75 Å². The van der Waals surface area contributed by atoms with Crippen LogP contribution in [0.1, 0.15) is 26.3 Å². The molecule has 0 bridgehead atoms. The highest BCUT2D eigenvalue weighted by Crippen LogP contribution is 2.18. The summed E-state index contributed by atoms with van der Waals surface area (Å²) < 4.78 is 5.10. The highest BCUT2D eigenvalue weighted by Gasteiger charge is 2.23. The second-order valence-corrected chi connectivity index (χ2v) is 5.27. The molecule has 0 spiro atoms. The molecule has 0 aliphatic rings. The molecule has 0 saturated carbocycles. The van der Waals surface area contributed by atoms with Crippen LogP contribution in [0.4, 0.5) is 0 Å². The fraction of sp³-hybridized carbons (Fsp3) is 0.500. The fourth-order valence-electron chi connectivity index (χ4n) is 1.64. The molecular formula is C14H21NO3. The van der Waals surface area contributed by atoms with Gasteiger partial charge in [-0.2, -0.15) is 0 Å². The Bertz CT molecular complexity index is 392. The lowest BCUT2D eigenvalue weighted by atomic mass is 10.0. The van der Waals surface area contributed by atoms with E-state index in [4.69, 9.17) is 9.84 Å². The summed E-state index contributed by atoms with van der Waals surface area (Å²) in [7, 11) is 1.63. The summed E-state index contributed by atoms with van der Waals surface area (Å²) in [6, 6.07) is 7.69. The minimum atomic E-state index is -0.807. The first kappa shape index (κ1) is 14.5. The van der Waals surface area contributed by atoms with Crippen molar-refractivity contribution in [2.45, 2.75) is 32.9 Å². The third-order valence-electron chi connectivity index (χ3n) is 2.81. The van der Waals surface area contributed by atoms with Gasteiger partial charge < -0.3 is 9.84 Å². The minimum absolute atomic E-state index is 0.0372. The van der Waals surface area contributed by atoms with E-state index >= 15 is 0 Å². The molecule has 4 nitrogen and oxygen atoms in total. The standard InChI is InChI=1S/C14H21NO3/c1-14(2,3)15(10-13(16)17)9-11-5-7-12(18-4)8-6-11/h5-8H,9-10H2,1-4H3,(H,16,17). The van der Waals surface area contributed by atoms with Crippen LogP contribution in [0.5, 0.6) is 5.75 Å². The first-order chi connectivity index (χ1) is 8.32. The second kappa shape index (κ2) is 5.87. The molecule has 0 heterocycles. The maximum Gasteiger partial charge on any atom is 0.317 e. The zero-order chi connectivity index (χ0) is 13.8. The number of ether oxygens (including phenoxy) is 1. The van der Waals surface area contributed by atoms with E-state index in [9.17, 15) is 4.79 Å². The van der Waals surface area contributed by atoms with Crippen molar-refractivity contribution in [2.24, 2.45) is 0 Å². The summed E-state index contributed by atoms with van der Waals surface area (Å²) in [4.78, 5) is 12.8. The lowest BCUT2D eigenvalue weighted by Crippen LogP contribution is -2.43. The largest absolute Gasteiger partial charge is 0.497 e. The molecule has 0 aliphatic heterocycles. The van der Waals surface area contributed by atoms with E-state index in [-0.39, 0.29) is 12.1 Å². The highest BCUT2D eigenvalue weighted by molar-refractivity contribution is 5.69. The van der Waals surface area contributed by atoms with Gasteiger partial charge >= 0.3 is 5.97 Å². The Morgan fingerprint density at radius 3 is 2.22 bits per heavy atom. The number of carboxylic acid groups (broad SMARTS) is 1. The predicted molar refractivity (Wildman–Crippen MR) is 70.8 cm³/mol. The van der Waals surface area contributed by atoms with Crippen LogP contribution in [0, 0.1) is 0 Å². The van der Waals surface area contributed by atoms with Gasteiger partial charge in [0.25, 0.3) is 0 Å². The summed E-state index contributed by atoms with van der Waals surface area (Å²) in [6.45, 7) is 6.69. The van der Waals surface area contributed by atoms with Gasteiger partial charge in [-0.25, -0.2) is 0 Å². The Balaban J connectivity index is 2.79. The number of carbonyl (C=O) groups is 1.